The fraction of sp³-hybridized carbons (Fsp3) is 0.316. The molecule has 0 saturated carbocycles. The Balaban J connectivity index is 1.74. The number of azide groups is 1. The minimum absolute atomic E-state index is 0.182. The molecule has 1 atom stereocenters. The van der Waals surface area contributed by atoms with Crippen molar-refractivity contribution in [2.75, 3.05) is 13.1 Å². The highest BCUT2D eigenvalue weighted by atomic mass is 19.1. The first-order valence-electron chi connectivity index (χ1n) is 8.41. The van der Waals surface area contributed by atoms with Crippen LogP contribution in [0.15, 0.2) is 59.7 Å². The van der Waals surface area contributed by atoms with E-state index in [2.05, 4.69) is 10.0 Å². The van der Waals surface area contributed by atoms with Gasteiger partial charge in [0.1, 0.15) is 12.4 Å². The molecule has 1 aliphatic heterocycles. The van der Waals surface area contributed by atoms with Crippen LogP contribution in [0.1, 0.15) is 24.0 Å². The lowest BCUT2D eigenvalue weighted by Crippen LogP contribution is -2.47. The van der Waals surface area contributed by atoms with Crippen LogP contribution in [-0.2, 0) is 16.9 Å². The highest BCUT2D eigenvalue weighted by Gasteiger charge is 2.38. The van der Waals surface area contributed by atoms with E-state index in [0.29, 0.717) is 24.9 Å². The van der Waals surface area contributed by atoms with Gasteiger partial charge < -0.3 is 9.64 Å². The molecule has 134 valence electrons. The average Bonchev–Trinajstić information content (AvgIpc) is 2.68. The summed E-state index contributed by atoms with van der Waals surface area (Å²) in [6.07, 6.45) is 0.801. The monoisotopic (exact) mass is 354 g/mol. The van der Waals surface area contributed by atoms with Crippen molar-refractivity contribution >= 4 is 6.09 Å². The van der Waals surface area contributed by atoms with Crippen LogP contribution < -0.4 is 0 Å². The zero-order valence-electron chi connectivity index (χ0n) is 14.2. The number of carbonyl (C=O) groups is 1. The highest BCUT2D eigenvalue weighted by molar-refractivity contribution is 5.68. The molecule has 2 aromatic rings. The number of likely N-dealkylation sites (tertiary alicyclic amines) is 1. The Labute approximate surface area is 150 Å². The minimum Gasteiger partial charge on any atom is -0.445 e. The van der Waals surface area contributed by atoms with Gasteiger partial charge in [-0.25, -0.2) is 9.18 Å². The van der Waals surface area contributed by atoms with Crippen LogP contribution in [0.5, 0.6) is 0 Å². The van der Waals surface area contributed by atoms with E-state index < -0.39 is 11.6 Å². The molecule has 0 aromatic heterocycles. The van der Waals surface area contributed by atoms with Crippen LogP contribution >= 0.6 is 0 Å². The fourth-order valence-electron chi connectivity index (χ4n) is 3.22. The number of carbonyl (C=O) groups excluding carboxylic acids is 1. The van der Waals surface area contributed by atoms with Gasteiger partial charge in [-0.15, -0.1) is 0 Å². The van der Waals surface area contributed by atoms with Crippen LogP contribution in [-0.4, -0.2) is 24.1 Å². The molecule has 1 saturated heterocycles. The first-order valence-corrected chi connectivity index (χ1v) is 8.41. The molecule has 1 unspecified atom stereocenters. The summed E-state index contributed by atoms with van der Waals surface area (Å²) in [5.41, 5.74) is 9.71. The number of nitrogens with zero attached hydrogens (tertiary/aromatic N) is 4. The minimum atomic E-state index is -0.910. The Kier molecular flexibility index (Phi) is 5.39. The SMILES string of the molecule is [N-]=[N+]=NC1(c2ccc(F)cc2)CCCN(C(=O)OCc2ccccc2)C1. The molecule has 1 fully saturated rings. The summed E-state index contributed by atoms with van der Waals surface area (Å²) in [6.45, 7) is 0.912. The summed E-state index contributed by atoms with van der Waals surface area (Å²) >= 11 is 0. The summed E-state index contributed by atoms with van der Waals surface area (Å²) in [7, 11) is 0. The van der Waals surface area contributed by atoms with Crippen molar-refractivity contribution in [2.45, 2.75) is 25.0 Å². The van der Waals surface area contributed by atoms with Gasteiger partial charge in [0, 0.05) is 18.0 Å². The van der Waals surface area contributed by atoms with Gasteiger partial charge in [-0.2, -0.15) is 0 Å². The van der Waals surface area contributed by atoms with Crippen LogP contribution in [0.25, 0.3) is 10.4 Å². The second kappa shape index (κ2) is 7.89. The number of ether oxygens (including phenoxy) is 1. The Morgan fingerprint density at radius 3 is 2.65 bits per heavy atom. The third-order valence-electron chi connectivity index (χ3n) is 4.55. The van der Waals surface area contributed by atoms with Crippen LogP contribution in [0.3, 0.4) is 0 Å². The van der Waals surface area contributed by atoms with Gasteiger partial charge in [0.05, 0.1) is 5.54 Å². The maximum Gasteiger partial charge on any atom is 0.410 e. The molecule has 26 heavy (non-hydrogen) atoms. The molecule has 0 spiro atoms. The van der Waals surface area contributed by atoms with Crippen molar-refractivity contribution in [3.63, 3.8) is 0 Å². The van der Waals surface area contributed by atoms with Crippen molar-refractivity contribution in [1.29, 1.82) is 0 Å². The van der Waals surface area contributed by atoms with E-state index >= 15 is 0 Å². The highest BCUT2D eigenvalue weighted by Crippen LogP contribution is 2.36. The van der Waals surface area contributed by atoms with E-state index in [1.165, 1.54) is 12.1 Å². The molecule has 0 aliphatic carbocycles. The number of amides is 1. The first kappa shape index (κ1) is 17.8. The van der Waals surface area contributed by atoms with Crippen molar-refractivity contribution in [2.24, 2.45) is 5.11 Å². The summed E-state index contributed by atoms with van der Waals surface area (Å²) in [5, 5.41) is 3.97. The summed E-state index contributed by atoms with van der Waals surface area (Å²) in [6, 6.07) is 15.3. The van der Waals surface area contributed by atoms with E-state index in [-0.39, 0.29) is 19.0 Å². The largest absolute Gasteiger partial charge is 0.445 e. The molecule has 7 heteroatoms. The maximum atomic E-state index is 13.2. The standard InChI is InChI=1S/C19H19FN4O2/c20-17-9-7-16(8-10-17)19(22-23-21)11-4-12-24(14-19)18(25)26-13-15-5-2-1-3-6-15/h1-3,5-10H,4,11-14H2. The van der Waals surface area contributed by atoms with E-state index in [1.54, 1.807) is 17.0 Å². The van der Waals surface area contributed by atoms with Crippen molar-refractivity contribution in [3.05, 3.63) is 82.0 Å². The van der Waals surface area contributed by atoms with E-state index in [0.717, 1.165) is 5.56 Å². The fourth-order valence-corrected chi connectivity index (χ4v) is 3.22. The Morgan fingerprint density at radius 1 is 1.23 bits per heavy atom. The molecule has 3 rings (SSSR count). The van der Waals surface area contributed by atoms with Gasteiger partial charge in [-0.3, -0.25) is 0 Å². The molecule has 1 aliphatic rings. The van der Waals surface area contributed by atoms with E-state index in [1.807, 2.05) is 30.3 Å². The molecule has 2 aromatic carbocycles. The van der Waals surface area contributed by atoms with Gasteiger partial charge in [-0.1, -0.05) is 47.6 Å². The molecule has 1 heterocycles. The zero-order valence-corrected chi connectivity index (χ0v) is 14.2. The molecular formula is C19H19FN4O2. The van der Waals surface area contributed by atoms with Crippen molar-refractivity contribution in [1.82, 2.24) is 4.90 Å². The lowest BCUT2D eigenvalue weighted by atomic mass is 9.83. The molecule has 0 bridgehead atoms. The van der Waals surface area contributed by atoms with Crippen LogP contribution in [0.4, 0.5) is 9.18 Å². The van der Waals surface area contributed by atoms with Crippen LogP contribution in [0, 0.1) is 5.82 Å². The van der Waals surface area contributed by atoms with Gasteiger partial charge in [-0.05, 0) is 41.6 Å². The summed E-state index contributed by atoms with van der Waals surface area (Å²) in [5.74, 6) is -0.361. The number of hydrogen-bond donors (Lipinski definition) is 0. The number of rotatable bonds is 4. The quantitative estimate of drug-likeness (QED) is 0.451. The van der Waals surface area contributed by atoms with Gasteiger partial charge in [0.15, 0.2) is 0 Å². The Bertz CT molecular complexity index is 806. The number of halogens is 1. The molecule has 1 amide bonds. The lowest BCUT2D eigenvalue weighted by Gasteiger charge is -2.39. The molecule has 6 nitrogen and oxygen atoms in total. The molecular weight excluding hydrogens is 335 g/mol. The van der Waals surface area contributed by atoms with Crippen LogP contribution in [0.2, 0.25) is 0 Å². The number of piperidine rings is 1. The first-order chi connectivity index (χ1) is 12.6. The Hall–Kier alpha value is -3.05. The van der Waals surface area contributed by atoms with Crippen molar-refractivity contribution in [3.8, 4) is 0 Å². The van der Waals surface area contributed by atoms with Gasteiger partial charge in [0.2, 0.25) is 0 Å². The topological polar surface area (TPSA) is 78.3 Å². The van der Waals surface area contributed by atoms with Gasteiger partial charge in [0.25, 0.3) is 0 Å². The number of benzene rings is 2. The van der Waals surface area contributed by atoms with Gasteiger partial charge >= 0.3 is 6.09 Å². The van der Waals surface area contributed by atoms with Crippen molar-refractivity contribution < 1.29 is 13.9 Å². The third-order valence-corrected chi connectivity index (χ3v) is 4.55. The normalized spacial score (nSPS) is 19.5. The predicted molar refractivity (Wildman–Crippen MR) is 94.7 cm³/mol. The lowest BCUT2D eigenvalue weighted by molar-refractivity contribution is 0.0729. The molecule has 0 N–H and O–H groups in total. The average molecular weight is 354 g/mol. The summed E-state index contributed by atoms with van der Waals surface area (Å²) < 4.78 is 18.6. The Morgan fingerprint density at radius 2 is 1.96 bits per heavy atom. The zero-order chi connectivity index (χ0) is 18.4. The molecule has 0 radical (unpaired) electrons. The smallest absolute Gasteiger partial charge is 0.410 e. The maximum absolute atomic E-state index is 13.2. The predicted octanol–water partition coefficient (Wildman–Crippen LogP) is 4.76. The number of hydrogen-bond acceptors (Lipinski definition) is 3. The summed E-state index contributed by atoms with van der Waals surface area (Å²) in [4.78, 5) is 17.0. The van der Waals surface area contributed by atoms with E-state index in [4.69, 9.17) is 10.3 Å². The second-order valence-corrected chi connectivity index (χ2v) is 6.29. The second-order valence-electron chi connectivity index (χ2n) is 6.29. The third kappa shape index (κ3) is 3.95. The van der Waals surface area contributed by atoms with E-state index in [9.17, 15) is 9.18 Å².